The van der Waals surface area contributed by atoms with Crippen molar-refractivity contribution in [2.75, 3.05) is 0 Å². The summed E-state index contributed by atoms with van der Waals surface area (Å²) >= 11 is 0. The Morgan fingerprint density at radius 3 is 2.17 bits per heavy atom. The van der Waals surface area contributed by atoms with Crippen molar-refractivity contribution < 1.29 is 13.5 Å². The summed E-state index contributed by atoms with van der Waals surface area (Å²) in [4.78, 5) is 0. The predicted molar refractivity (Wildman–Crippen MR) is 116 cm³/mol. The second kappa shape index (κ2) is 11.1. The maximum atomic E-state index is 14.5. The van der Waals surface area contributed by atoms with Crippen molar-refractivity contribution >= 4 is 0 Å². The fourth-order valence-corrected chi connectivity index (χ4v) is 5.75. The van der Waals surface area contributed by atoms with Crippen molar-refractivity contribution in [3.63, 3.8) is 0 Å². The summed E-state index contributed by atoms with van der Waals surface area (Å²) in [7, 11) is 0. The molecule has 2 aliphatic carbocycles. The summed E-state index contributed by atoms with van der Waals surface area (Å²) in [5.41, 5.74) is 0.521. The van der Waals surface area contributed by atoms with E-state index in [9.17, 15) is 8.78 Å². The first kappa shape index (κ1) is 22.3. The van der Waals surface area contributed by atoms with Gasteiger partial charge in [0, 0.05) is 0 Å². The van der Waals surface area contributed by atoms with Gasteiger partial charge < -0.3 is 4.74 Å². The molecule has 0 aliphatic heterocycles. The van der Waals surface area contributed by atoms with Crippen molar-refractivity contribution in [1.82, 2.24) is 0 Å². The molecule has 2 fully saturated rings. The Hall–Kier alpha value is -1.38. The average molecular weight is 405 g/mol. The number of benzene rings is 1. The van der Waals surface area contributed by atoms with Crippen LogP contribution in [0, 0.1) is 29.4 Å². The third-order valence-corrected chi connectivity index (χ3v) is 7.52. The van der Waals surface area contributed by atoms with Crippen LogP contribution in [-0.4, -0.2) is 0 Å². The lowest BCUT2D eigenvalue weighted by Gasteiger charge is -2.38. The molecule has 162 valence electrons. The van der Waals surface area contributed by atoms with Gasteiger partial charge in [-0.3, -0.25) is 0 Å². The van der Waals surface area contributed by atoms with Crippen LogP contribution in [0.3, 0.4) is 0 Å². The molecular formula is C26H38F2O. The van der Waals surface area contributed by atoms with Gasteiger partial charge in [0.1, 0.15) is 0 Å². The topological polar surface area (TPSA) is 9.23 Å². The quantitative estimate of drug-likeness (QED) is 0.296. The van der Waals surface area contributed by atoms with Gasteiger partial charge in [-0.05, 0) is 73.8 Å². The van der Waals surface area contributed by atoms with E-state index in [1.54, 1.807) is 6.07 Å². The summed E-state index contributed by atoms with van der Waals surface area (Å²) in [5, 5.41) is 0. The van der Waals surface area contributed by atoms with Crippen molar-refractivity contribution in [2.24, 2.45) is 17.8 Å². The van der Waals surface area contributed by atoms with E-state index in [4.69, 9.17) is 4.74 Å². The van der Waals surface area contributed by atoms with Gasteiger partial charge in [0.25, 0.3) is 0 Å². The first-order valence-electron chi connectivity index (χ1n) is 11.9. The minimum atomic E-state index is -0.887. The van der Waals surface area contributed by atoms with Gasteiger partial charge in [-0.25, -0.2) is 4.39 Å². The van der Waals surface area contributed by atoms with Crippen LogP contribution in [0.25, 0.3) is 0 Å². The van der Waals surface area contributed by atoms with Gasteiger partial charge in [-0.15, -0.1) is 0 Å². The van der Waals surface area contributed by atoms with E-state index in [1.165, 1.54) is 63.9 Å². The van der Waals surface area contributed by atoms with Crippen molar-refractivity contribution in [1.29, 1.82) is 0 Å². The van der Waals surface area contributed by atoms with E-state index in [0.29, 0.717) is 5.56 Å². The average Bonchev–Trinajstić information content (AvgIpc) is 2.75. The van der Waals surface area contributed by atoms with E-state index >= 15 is 0 Å². The second-order valence-electron chi connectivity index (χ2n) is 9.31. The molecular weight excluding hydrogens is 366 g/mol. The minimum Gasteiger partial charge on any atom is -0.462 e. The summed E-state index contributed by atoms with van der Waals surface area (Å²) in [6, 6.07) is 3.23. The van der Waals surface area contributed by atoms with Crippen molar-refractivity contribution in [2.45, 2.75) is 96.3 Å². The molecule has 0 heterocycles. The Morgan fingerprint density at radius 2 is 1.55 bits per heavy atom. The molecule has 0 saturated heterocycles. The molecule has 0 atom stereocenters. The van der Waals surface area contributed by atoms with E-state index in [2.05, 4.69) is 13.5 Å². The van der Waals surface area contributed by atoms with Gasteiger partial charge in [0.05, 0.1) is 6.26 Å². The highest BCUT2D eigenvalue weighted by molar-refractivity contribution is 5.33. The standard InChI is InChI=1S/C26H38F2O/c1-3-5-6-7-8-19-9-11-20(12-10-19)21-13-15-22(16-14-21)23-17-18-24(29-4-2)26(28)25(23)27/h4,17-22H,2-3,5-16H2,1H3. The number of hydrogen-bond acceptors (Lipinski definition) is 1. The lowest BCUT2D eigenvalue weighted by molar-refractivity contribution is 0.155. The summed E-state index contributed by atoms with van der Waals surface area (Å²) in [6.45, 7) is 5.68. The highest BCUT2D eigenvalue weighted by atomic mass is 19.2. The highest BCUT2D eigenvalue weighted by Gasteiger charge is 2.32. The Morgan fingerprint density at radius 1 is 0.897 bits per heavy atom. The fraction of sp³-hybridized carbons (Fsp3) is 0.692. The second-order valence-corrected chi connectivity index (χ2v) is 9.31. The number of ether oxygens (including phenoxy) is 1. The Labute approximate surface area is 175 Å². The third-order valence-electron chi connectivity index (χ3n) is 7.52. The van der Waals surface area contributed by atoms with Crippen LogP contribution in [0.4, 0.5) is 8.78 Å². The maximum absolute atomic E-state index is 14.5. The molecule has 1 nitrogen and oxygen atoms in total. The molecule has 0 radical (unpaired) electrons. The van der Waals surface area contributed by atoms with Crippen molar-refractivity contribution in [3.05, 3.63) is 42.2 Å². The lowest BCUT2D eigenvalue weighted by atomic mass is 9.68. The number of hydrogen-bond donors (Lipinski definition) is 0. The summed E-state index contributed by atoms with van der Waals surface area (Å²) in [5.74, 6) is 1.01. The van der Waals surface area contributed by atoms with Crippen LogP contribution in [0.15, 0.2) is 25.0 Å². The van der Waals surface area contributed by atoms with Crippen LogP contribution in [-0.2, 0) is 0 Å². The number of unbranched alkanes of at least 4 members (excludes halogenated alkanes) is 3. The van der Waals surface area contributed by atoms with Gasteiger partial charge in [0.15, 0.2) is 11.6 Å². The largest absolute Gasteiger partial charge is 0.462 e. The van der Waals surface area contributed by atoms with E-state index < -0.39 is 11.6 Å². The lowest BCUT2D eigenvalue weighted by Crippen LogP contribution is -2.25. The molecule has 0 aromatic heterocycles. The molecule has 0 spiro atoms. The van der Waals surface area contributed by atoms with Crippen LogP contribution in [0.1, 0.15) is 102 Å². The number of halogens is 2. The monoisotopic (exact) mass is 404 g/mol. The molecule has 3 rings (SSSR count). The highest BCUT2D eigenvalue weighted by Crippen LogP contribution is 2.45. The van der Waals surface area contributed by atoms with E-state index in [-0.39, 0.29) is 11.7 Å². The zero-order valence-electron chi connectivity index (χ0n) is 18.1. The Kier molecular flexibility index (Phi) is 8.56. The van der Waals surface area contributed by atoms with Gasteiger partial charge >= 0.3 is 0 Å². The first-order chi connectivity index (χ1) is 14.1. The molecule has 1 aromatic rings. The van der Waals surface area contributed by atoms with Gasteiger partial charge in [-0.2, -0.15) is 4.39 Å². The molecule has 2 aliphatic rings. The molecule has 0 amide bonds. The molecule has 0 N–H and O–H groups in total. The molecule has 3 heteroatoms. The molecule has 0 unspecified atom stereocenters. The smallest absolute Gasteiger partial charge is 0.201 e. The molecule has 2 saturated carbocycles. The normalized spacial score (nSPS) is 27.6. The molecule has 29 heavy (non-hydrogen) atoms. The third kappa shape index (κ3) is 5.83. The van der Waals surface area contributed by atoms with E-state index in [1.807, 2.05) is 0 Å². The summed E-state index contributed by atoms with van der Waals surface area (Å²) in [6.07, 6.45) is 17.9. The van der Waals surface area contributed by atoms with E-state index in [0.717, 1.165) is 49.7 Å². The van der Waals surface area contributed by atoms with Gasteiger partial charge in [-0.1, -0.05) is 64.5 Å². The minimum absolute atomic E-state index is 0.0820. The Balaban J connectivity index is 1.45. The fourth-order valence-electron chi connectivity index (χ4n) is 5.75. The summed E-state index contributed by atoms with van der Waals surface area (Å²) < 4.78 is 33.7. The van der Waals surface area contributed by atoms with Crippen LogP contribution >= 0.6 is 0 Å². The zero-order valence-corrected chi connectivity index (χ0v) is 18.1. The van der Waals surface area contributed by atoms with Gasteiger partial charge in [0.2, 0.25) is 5.82 Å². The maximum Gasteiger partial charge on any atom is 0.201 e. The molecule has 0 bridgehead atoms. The van der Waals surface area contributed by atoms with Crippen LogP contribution in [0.2, 0.25) is 0 Å². The zero-order chi connectivity index (χ0) is 20.6. The number of rotatable bonds is 9. The predicted octanol–water partition coefficient (Wildman–Crippen LogP) is 8.54. The van der Waals surface area contributed by atoms with Crippen LogP contribution in [0.5, 0.6) is 5.75 Å². The Bertz CT molecular complexity index is 640. The SMILES string of the molecule is C=COc1ccc(C2CCC(C3CCC(CCCCCC)CC3)CC2)c(F)c1F. The van der Waals surface area contributed by atoms with Crippen molar-refractivity contribution in [3.8, 4) is 5.75 Å². The van der Waals surface area contributed by atoms with Crippen LogP contribution < -0.4 is 4.74 Å². The first-order valence-corrected chi connectivity index (χ1v) is 11.9. The molecule has 1 aromatic carbocycles.